The van der Waals surface area contributed by atoms with Gasteiger partial charge in [0.05, 0.1) is 11.0 Å². The Kier molecular flexibility index (Phi) is 3.84. The highest BCUT2D eigenvalue weighted by Gasteiger charge is 2.10. The van der Waals surface area contributed by atoms with Crippen molar-refractivity contribution < 1.29 is 9.31 Å². The lowest BCUT2D eigenvalue weighted by Crippen LogP contribution is -2.14. The molecule has 0 aliphatic rings. The first kappa shape index (κ1) is 12.0. The Labute approximate surface area is 92.6 Å². The molecule has 0 aliphatic heterocycles. The Morgan fingerprint density at radius 2 is 2.31 bits per heavy atom. The molecule has 0 fully saturated rings. The van der Waals surface area contributed by atoms with Crippen LogP contribution in [0.3, 0.4) is 0 Å². The highest BCUT2D eigenvalue weighted by atomic mass is 19.1. The maximum Gasteiger partial charge on any atom is 0.274 e. The van der Waals surface area contributed by atoms with Gasteiger partial charge in [-0.3, -0.25) is 10.1 Å². The monoisotopic (exact) mass is 222 g/mol. The Morgan fingerprint density at radius 3 is 2.88 bits per heavy atom. The largest absolute Gasteiger partial charge is 0.381 e. The quantitative estimate of drug-likeness (QED) is 0.484. The van der Waals surface area contributed by atoms with Gasteiger partial charge in [0.1, 0.15) is 5.82 Å². The first-order valence-electron chi connectivity index (χ1n) is 4.68. The van der Waals surface area contributed by atoms with Crippen LogP contribution in [0.2, 0.25) is 0 Å². The van der Waals surface area contributed by atoms with E-state index in [4.69, 9.17) is 6.42 Å². The molecule has 0 aromatic heterocycles. The lowest BCUT2D eigenvalue weighted by Gasteiger charge is -2.12. The number of nitrogens with one attached hydrogen (secondary N) is 1. The number of hydrogen-bond acceptors (Lipinski definition) is 3. The SMILES string of the molecule is C#CCC(C)Nc1cc(F)cc([N+](=O)[O-])c1. The molecular formula is C11H11FN2O2. The molecule has 1 N–H and O–H groups in total. The van der Waals surface area contributed by atoms with Crippen LogP contribution in [0.15, 0.2) is 18.2 Å². The molecule has 0 aliphatic carbocycles. The summed E-state index contributed by atoms with van der Waals surface area (Å²) in [4.78, 5) is 9.86. The molecule has 1 aromatic carbocycles. The maximum atomic E-state index is 13.0. The van der Waals surface area contributed by atoms with Gasteiger partial charge in [0.2, 0.25) is 0 Å². The molecule has 1 unspecified atom stereocenters. The van der Waals surface area contributed by atoms with E-state index in [1.165, 1.54) is 12.1 Å². The molecule has 0 heterocycles. The van der Waals surface area contributed by atoms with Gasteiger partial charge >= 0.3 is 0 Å². The van der Waals surface area contributed by atoms with Crippen molar-refractivity contribution >= 4 is 11.4 Å². The van der Waals surface area contributed by atoms with Gasteiger partial charge in [-0.15, -0.1) is 12.3 Å². The van der Waals surface area contributed by atoms with E-state index in [0.29, 0.717) is 12.1 Å². The topological polar surface area (TPSA) is 55.2 Å². The summed E-state index contributed by atoms with van der Waals surface area (Å²) >= 11 is 0. The third-order valence-corrected chi connectivity index (χ3v) is 1.93. The fourth-order valence-electron chi connectivity index (χ4n) is 1.28. The Balaban J connectivity index is 2.89. The second-order valence-electron chi connectivity index (χ2n) is 3.41. The minimum Gasteiger partial charge on any atom is -0.381 e. The highest BCUT2D eigenvalue weighted by Crippen LogP contribution is 2.20. The summed E-state index contributed by atoms with van der Waals surface area (Å²) in [6, 6.07) is 3.28. The summed E-state index contributed by atoms with van der Waals surface area (Å²) in [5.41, 5.74) is 0.0739. The van der Waals surface area contributed by atoms with E-state index in [-0.39, 0.29) is 11.7 Å². The first-order chi connectivity index (χ1) is 7.52. The molecule has 1 aromatic rings. The van der Waals surface area contributed by atoms with E-state index in [9.17, 15) is 14.5 Å². The molecule has 0 radical (unpaired) electrons. The Morgan fingerprint density at radius 1 is 1.62 bits per heavy atom. The molecule has 0 spiro atoms. The van der Waals surface area contributed by atoms with Crippen molar-refractivity contribution in [2.75, 3.05) is 5.32 Å². The van der Waals surface area contributed by atoms with E-state index >= 15 is 0 Å². The number of anilines is 1. The molecule has 5 heteroatoms. The summed E-state index contributed by atoms with van der Waals surface area (Å²) in [5.74, 6) is 1.80. The normalized spacial score (nSPS) is 11.6. The van der Waals surface area contributed by atoms with Crippen LogP contribution in [0.4, 0.5) is 15.8 Å². The van der Waals surface area contributed by atoms with Gasteiger partial charge in [-0.25, -0.2) is 4.39 Å². The molecule has 0 amide bonds. The number of benzene rings is 1. The zero-order valence-corrected chi connectivity index (χ0v) is 8.74. The smallest absolute Gasteiger partial charge is 0.274 e. The number of nitrogens with zero attached hydrogens (tertiary/aromatic N) is 1. The lowest BCUT2D eigenvalue weighted by molar-refractivity contribution is -0.385. The minimum absolute atomic E-state index is 0.0635. The van der Waals surface area contributed by atoms with Gasteiger partial charge in [-0.1, -0.05) is 0 Å². The second-order valence-corrected chi connectivity index (χ2v) is 3.41. The van der Waals surface area contributed by atoms with E-state index in [0.717, 1.165) is 6.07 Å². The standard InChI is InChI=1S/C11H11FN2O2/c1-3-4-8(2)13-10-5-9(12)6-11(7-10)14(15)16/h1,5-8,13H,4H2,2H3. The van der Waals surface area contributed by atoms with E-state index < -0.39 is 10.7 Å². The van der Waals surface area contributed by atoms with Crippen molar-refractivity contribution in [2.24, 2.45) is 0 Å². The van der Waals surface area contributed by atoms with E-state index in [2.05, 4.69) is 11.2 Å². The van der Waals surface area contributed by atoms with Gasteiger partial charge in [0.15, 0.2) is 0 Å². The molecule has 1 rings (SSSR count). The fourth-order valence-corrected chi connectivity index (χ4v) is 1.28. The van der Waals surface area contributed by atoms with Crippen molar-refractivity contribution in [1.29, 1.82) is 0 Å². The van der Waals surface area contributed by atoms with Gasteiger partial charge in [0, 0.05) is 24.2 Å². The van der Waals surface area contributed by atoms with Crippen LogP contribution in [0.5, 0.6) is 0 Å². The summed E-state index contributed by atoms with van der Waals surface area (Å²) in [7, 11) is 0. The van der Waals surface area contributed by atoms with Crippen LogP contribution in [0.1, 0.15) is 13.3 Å². The fraction of sp³-hybridized carbons (Fsp3) is 0.273. The Bertz CT molecular complexity index is 440. The molecule has 0 saturated heterocycles. The number of nitro groups is 1. The first-order valence-corrected chi connectivity index (χ1v) is 4.68. The van der Waals surface area contributed by atoms with Gasteiger partial charge in [0.25, 0.3) is 5.69 Å². The maximum absolute atomic E-state index is 13.0. The summed E-state index contributed by atoms with van der Waals surface area (Å²) in [6.45, 7) is 1.82. The summed E-state index contributed by atoms with van der Waals surface area (Å²) in [6.07, 6.45) is 5.58. The number of halogens is 1. The zero-order valence-electron chi connectivity index (χ0n) is 8.74. The average molecular weight is 222 g/mol. The second kappa shape index (κ2) is 5.12. The van der Waals surface area contributed by atoms with Crippen LogP contribution < -0.4 is 5.32 Å². The summed E-state index contributed by atoms with van der Waals surface area (Å²) < 4.78 is 13.0. The van der Waals surface area contributed by atoms with Crippen molar-refractivity contribution in [2.45, 2.75) is 19.4 Å². The van der Waals surface area contributed by atoms with Crippen LogP contribution in [0, 0.1) is 28.3 Å². The lowest BCUT2D eigenvalue weighted by atomic mass is 10.2. The number of non-ortho nitro benzene ring substituents is 1. The van der Waals surface area contributed by atoms with E-state index in [1.807, 2.05) is 6.92 Å². The summed E-state index contributed by atoms with van der Waals surface area (Å²) in [5, 5.41) is 13.4. The van der Waals surface area contributed by atoms with Crippen LogP contribution in [-0.2, 0) is 0 Å². The minimum atomic E-state index is -0.649. The van der Waals surface area contributed by atoms with Crippen LogP contribution in [-0.4, -0.2) is 11.0 Å². The number of rotatable bonds is 4. The third kappa shape index (κ3) is 3.24. The van der Waals surface area contributed by atoms with Crippen LogP contribution >= 0.6 is 0 Å². The van der Waals surface area contributed by atoms with Crippen molar-refractivity contribution in [3.05, 3.63) is 34.1 Å². The van der Waals surface area contributed by atoms with Crippen molar-refractivity contribution in [3.63, 3.8) is 0 Å². The third-order valence-electron chi connectivity index (χ3n) is 1.93. The predicted octanol–water partition coefficient (Wildman–Crippen LogP) is 2.56. The Hall–Kier alpha value is -2.09. The van der Waals surface area contributed by atoms with Crippen LogP contribution in [0.25, 0.3) is 0 Å². The molecule has 84 valence electrons. The molecular weight excluding hydrogens is 211 g/mol. The highest BCUT2D eigenvalue weighted by molar-refractivity contribution is 5.52. The van der Waals surface area contributed by atoms with Gasteiger partial charge < -0.3 is 5.32 Å². The van der Waals surface area contributed by atoms with Crippen molar-refractivity contribution in [1.82, 2.24) is 0 Å². The number of nitro benzene ring substituents is 1. The predicted molar refractivity (Wildman–Crippen MR) is 59.6 cm³/mol. The zero-order chi connectivity index (χ0) is 12.1. The van der Waals surface area contributed by atoms with E-state index in [1.54, 1.807) is 0 Å². The number of terminal acetylenes is 1. The van der Waals surface area contributed by atoms with Gasteiger partial charge in [-0.2, -0.15) is 0 Å². The molecule has 16 heavy (non-hydrogen) atoms. The number of hydrogen-bond donors (Lipinski definition) is 1. The van der Waals surface area contributed by atoms with Crippen molar-refractivity contribution in [3.8, 4) is 12.3 Å². The average Bonchev–Trinajstić information content (AvgIpc) is 2.16. The molecule has 1 atom stereocenters. The molecule has 4 nitrogen and oxygen atoms in total. The molecule has 0 saturated carbocycles. The van der Waals surface area contributed by atoms with Gasteiger partial charge in [-0.05, 0) is 13.0 Å². The molecule has 0 bridgehead atoms.